The van der Waals surface area contributed by atoms with E-state index in [9.17, 15) is 37.1 Å². The minimum atomic E-state index is -4.84. The van der Waals surface area contributed by atoms with Gasteiger partial charge in [-0.1, -0.05) is 30.0 Å². The monoisotopic (exact) mass is 562 g/mol. The van der Waals surface area contributed by atoms with E-state index in [1.807, 2.05) is 0 Å². The van der Waals surface area contributed by atoms with Crippen LogP contribution in [0.3, 0.4) is 0 Å². The van der Waals surface area contributed by atoms with Gasteiger partial charge in [0.2, 0.25) is 5.91 Å². The van der Waals surface area contributed by atoms with E-state index in [1.54, 1.807) is 11.4 Å². The van der Waals surface area contributed by atoms with Gasteiger partial charge in [0.1, 0.15) is 10.1 Å². The highest BCUT2D eigenvalue weighted by molar-refractivity contribution is 8.26. The van der Waals surface area contributed by atoms with E-state index in [-0.39, 0.29) is 27.8 Å². The predicted octanol–water partition coefficient (Wildman–Crippen LogP) is 4.11. The van der Waals surface area contributed by atoms with Gasteiger partial charge in [-0.2, -0.15) is 13.2 Å². The van der Waals surface area contributed by atoms with Gasteiger partial charge in [0.15, 0.2) is 6.10 Å². The quantitative estimate of drug-likeness (QED) is 0.253. The smallest absolute Gasteiger partial charge is 0.419 e. The summed E-state index contributed by atoms with van der Waals surface area (Å²) in [4.78, 5) is 37.6. The fourth-order valence-corrected chi connectivity index (χ4v) is 5.38. The molecule has 0 unspecified atom stereocenters. The van der Waals surface area contributed by atoms with Crippen molar-refractivity contribution in [3.05, 3.63) is 50.8 Å². The highest BCUT2D eigenvalue weighted by atomic mass is 32.2. The van der Waals surface area contributed by atoms with E-state index >= 15 is 0 Å². The summed E-state index contributed by atoms with van der Waals surface area (Å²) in [6.45, 7) is 1.25. The summed E-state index contributed by atoms with van der Waals surface area (Å²) in [6, 6.07) is 3.23. The van der Waals surface area contributed by atoms with Crippen molar-refractivity contribution in [2.24, 2.45) is 0 Å². The van der Waals surface area contributed by atoms with E-state index in [0.717, 1.165) is 23.9 Å². The van der Waals surface area contributed by atoms with Crippen LogP contribution in [0.2, 0.25) is 0 Å². The molecular formula is C22H18F4N2O5S3. The van der Waals surface area contributed by atoms with Crippen LogP contribution in [0.15, 0.2) is 34.6 Å². The molecule has 0 spiro atoms. The zero-order valence-corrected chi connectivity index (χ0v) is 20.8. The molecule has 1 aliphatic rings. The van der Waals surface area contributed by atoms with Gasteiger partial charge in [-0.3, -0.25) is 14.5 Å². The Bertz CT molecular complexity index is 1240. The lowest BCUT2D eigenvalue weighted by atomic mass is 10.0. The van der Waals surface area contributed by atoms with Crippen LogP contribution < -0.4 is 5.32 Å². The Morgan fingerprint density at radius 1 is 1.25 bits per heavy atom. The minimum Gasteiger partial charge on any atom is -0.479 e. The predicted molar refractivity (Wildman–Crippen MR) is 130 cm³/mol. The zero-order chi connectivity index (χ0) is 26.8. The molecule has 7 nitrogen and oxygen atoms in total. The molecule has 1 aromatic heterocycles. The number of carbonyl (C=O) groups excluding carboxylic acids is 2. The van der Waals surface area contributed by atoms with Crippen molar-refractivity contribution in [1.29, 1.82) is 0 Å². The Morgan fingerprint density at radius 2 is 1.94 bits per heavy atom. The number of carboxylic acid groups (broad SMARTS) is 1. The molecule has 0 saturated carbocycles. The Balaban J connectivity index is 1.67. The molecule has 1 aromatic carbocycles. The first-order valence-corrected chi connectivity index (χ1v) is 12.3. The summed E-state index contributed by atoms with van der Waals surface area (Å²) < 4.78 is 52.8. The van der Waals surface area contributed by atoms with Crippen LogP contribution in [0.25, 0.3) is 17.2 Å². The molecule has 36 heavy (non-hydrogen) atoms. The fourth-order valence-electron chi connectivity index (χ4n) is 3.16. The summed E-state index contributed by atoms with van der Waals surface area (Å²) >= 11 is 7.37. The number of thiocarbonyl (C=S) groups is 1. The number of rotatable bonds is 8. The second-order valence-corrected chi connectivity index (χ2v) is 10.3. The summed E-state index contributed by atoms with van der Waals surface area (Å²) in [7, 11) is 0. The lowest BCUT2D eigenvalue weighted by Gasteiger charge is -2.18. The Kier molecular flexibility index (Phi) is 8.54. The van der Waals surface area contributed by atoms with Gasteiger partial charge in [0, 0.05) is 17.8 Å². The van der Waals surface area contributed by atoms with E-state index in [0.29, 0.717) is 10.4 Å². The maximum Gasteiger partial charge on any atom is 0.419 e. The second kappa shape index (κ2) is 11.1. The minimum absolute atomic E-state index is 0.0742. The summed E-state index contributed by atoms with van der Waals surface area (Å²) in [5.74, 6) is -3.90. The molecule has 3 rings (SSSR count). The number of carbonyl (C=O) groups is 3. The van der Waals surface area contributed by atoms with Gasteiger partial charge >= 0.3 is 12.1 Å². The molecule has 1 saturated heterocycles. The highest BCUT2D eigenvalue weighted by Gasteiger charge is 2.35. The number of nitrogens with one attached hydrogen (secondary N) is 1. The number of halogens is 4. The van der Waals surface area contributed by atoms with Crippen LogP contribution in [-0.2, 0) is 20.6 Å². The van der Waals surface area contributed by atoms with Crippen molar-refractivity contribution in [3.63, 3.8) is 0 Å². The SMILES string of the molecule is C[C@@H](NC(=O)CCN1C(=O)/C(=C/c2cc(-c3ccc(F)c(C(F)(F)F)c3)cs2)SC1=S)[C@H](O)C(=O)O. The lowest BCUT2D eigenvalue weighted by molar-refractivity contribution is -0.148. The molecule has 192 valence electrons. The Morgan fingerprint density at radius 3 is 2.58 bits per heavy atom. The third-order valence-electron chi connectivity index (χ3n) is 5.05. The number of thioether (sulfide) groups is 1. The number of alkyl halides is 3. The standard InChI is InChI=1S/C22H18F4N2O5S3/c1-10(18(30)20(32)33)27-17(29)4-5-28-19(31)16(36-21(28)34)8-13-6-12(9-35-13)11-2-3-15(23)14(7-11)22(24,25)26/h2-3,6-10,18,30H,4-5H2,1H3,(H,27,29)(H,32,33)/b16-8-/t10-,18+/m1/s1. The molecule has 2 aromatic rings. The first-order chi connectivity index (χ1) is 16.8. The zero-order valence-electron chi connectivity index (χ0n) is 18.3. The normalized spacial score (nSPS) is 16.9. The first kappa shape index (κ1) is 27.8. The number of aliphatic carboxylic acids is 1. The van der Waals surface area contributed by atoms with Crippen LogP contribution in [0, 0.1) is 5.82 Å². The number of thiophene rings is 1. The molecule has 1 aliphatic heterocycles. The fraction of sp³-hybridized carbons (Fsp3) is 0.273. The van der Waals surface area contributed by atoms with Gasteiger partial charge in [-0.05, 0) is 47.7 Å². The van der Waals surface area contributed by atoms with Crippen molar-refractivity contribution < 1.29 is 42.2 Å². The van der Waals surface area contributed by atoms with Crippen molar-refractivity contribution >= 4 is 63.5 Å². The number of nitrogens with zero attached hydrogens (tertiary/aromatic N) is 1. The number of aliphatic hydroxyl groups excluding tert-OH is 1. The number of benzene rings is 1. The van der Waals surface area contributed by atoms with Gasteiger partial charge in [0.25, 0.3) is 5.91 Å². The van der Waals surface area contributed by atoms with Crippen molar-refractivity contribution in [2.45, 2.75) is 31.7 Å². The number of hydrogen-bond donors (Lipinski definition) is 3. The average molecular weight is 563 g/mol. The third kappa shape index (κ3) is 6.49. The second-order valence-electron chi connectivity index (χ2n) is 7.65. The van der Waals surface area contributed by atoms with E-state index in [4.69, 9.17) is 17.3 Å². The molecule has 2 amide bonds. The average Bonchev–Trinajstić information content (AvgIpc) is 3.35. The number of aliphatic hydroxyl groups is 1. The Labute approximate surface area is 215 Å². The van der Waals surface area contributed by atoms with E-state index in [1.165, 1.54) is 35.3 Å². The summed E-state index contributed by atoms with van der Waals surface area (Å²) in [5.41, 5.74) is -0.786. The number of amides is 2. The topological polar surface area (TPSA) is 107 Å². The molecule has 2 atom stereocenters. The maximum absolute atomic E-state index is 13.6. The summed E-state index contributed by atoms with van der Waals surface area (Å²) in [5, 5.41) is 22.1. The van der Waals surface area contributed by atoms with Gasteiger partial charge in [-0.15, -0.1) is 11.3 Å². The lowest BCUT2D eigenvalue weighted by Crippen LogP contribution is -2.45. The molecule has 3 N–H and O–H groups in total. The van der Waals surface area contributed by atoms with Crippen LogP contribution in [0.4, 0.5) is 17.6 Å². The number of carboxylic acids is 1. The van der Waals surface area contributed by atoms with Gasteiger partial charge in [0.05, 0.1) is 16.5 Å². The molecule has 1 fully saturated rings. The van der Waals surface area contributed by atoms with Crippen LogP contribution in [-0.4, -0.2) is 55.9 Å². The van der Waals surface area contributed by atoms with E-state index < -0.39 is 47.5 Å². The van der Waals surface area contributed by atoms with Crippen molar-refractivity contribution in [1.82, 2.24) is 10.2 Å². The van der Waals surface area contributed by atoms with Crippen LogP contribution >= 0.6 is 35.3 Å². The molecule has 14 heteroatoms. The molecule has 2 heterocycles. The number of hydrogen-bond acceptors (Lipinski definition) is 7. The third-order valence-corrected chi connectivity index (χ3v) is 7.31. The summed E-state index contributed by atoms with van der Waals surface area (Å²) in [6.07, 6.45) is -5.28. The molecule has 0 bridgehead atoms. The first-order valence-electron chi connectivity index (χ1n) is 10.2. The van der Waals surface area contributed by atoms with E-state index in [2.05, 4.69) is 5.32 Å². The van der Waals surface area contributed by atoms with Gasteiger partial charge < -0.3 is 15.5 Å². The van der Waals surface area contributed by atoms with Gasteiger partial charge in [-0.25, -0.2) is 9.18 Å². The van der Waals surface area contributed by atoms with Crippen molar-refractivity contribution in [2.75, 3.05) is 6.54 Å². The molecular weight excluding hydrogens is 544 g/mol. The van der Waals surface area contributed by atoms with Crippen LogP contribution in [0.5, 0.6) is 0 Å². The largest absolute Gasteiger partial charge is 0.479 e. The van der Waals surface area contributed by atoms with Crippen LogP contribution in [0.1, 0.15) is 23.8 Å². The maximum atomic E-state index is 13.6. The molecule has 0 radical (unpaired) electrons. The Hall–Kier alpha value is -2.81. The molecule has 0 aliphatic carbocycles. The van der Waals surface area contributed by atoms with Crippen molar-refractivity contribution in [3.8, 4) is 11.1 Å². The highest BCUT2D eigenvalue weighted by Crippen LogP contribution is 2.37.